The van der Waals surface area contributed by atoms with Crippen LogP contribution in [0.4, 0.5) is 0 Å². The summed E-state index contributed by atoms with van der Waals surface area (Å²) in [6.45, 7) is 5.09. The van der Waals surface area contributed by atoms with Crippen molar-refractivity contribution in [3.8, 4) is 0 Å². The van der Waals surface area contributed by atoms with Gasteiger partial charge in [0.2, 0.25) is 0 Å². The van der Waals surface area contributed by atoms with Crippen molar-refractivity contribution in [1.82, 2.24) is 5.32 Å². The molecule has 2 nitrogen and oxygen atoms in total. The third-order valence-electron chi connectivity index (χ3n) is 3.11. The van der Waals surface area contributed by atoms with E-state index in [-0.39, 0.29) is 0 Å². The summed E-state index contributed by atoms with van der Waals surface area (Å²) in [6.07, 6.45) is 3.64. The molecule has 0 amide bonds. The van der Waals surface area contributed by atoms with Gasteiger partial charge in [-0.2, -0.15) is 0 Å². The highest BCUT2D eigenvalue weighted by Gasteiger charge is 2.19. The van der Waals surface area contributed by atoms with E-state index in [4.69, 9.17) is 0 Å². The molecule has 0 aromatic heterocycles. The number of rotatable bonds is 6. The van der Waals surface area contributed by atoms with E-state index in [0.29, 0.717) is 0 Å². The van der Waals surface area contributed by atoms with Crippen LogP contribution in [0.5, 0.6) is 0 Å². The monoisotopic (exact) mass is 251 g/mol. The van der Waals surface area contributed by atoms with E-state index in [2.05, 4.69) is 30.4 Å². The van der Waals surface area contributed by atoms with E-state index < -0.39 is 10.8 Å². The number of aryl methyl sites for hydroxylation is 2. The van der Waals surface area contributed by atoms with Gasteiger partial charge in [-0.3, -0.25) is 4.21 Å². The Morgan fingerprint density at radius 3 is 2.82 bits per heavy atom. The lowest BCUT2D eigenvalue weighted by Crippen LogP contribution is -2.19. The molecule has 1 aliphatic rings. The van der Waals surface area contributed by atoms with E-state index in [9.17, 15) is 4.21 Å². The van der Waals surface area contributed by atoms with E-state index in [1.165, 1.54) is 18.4 Å². The largest absolute Gasteiger partial charge is 0.314 e. The number of hydrogen-bond donors (Lipinski definition) is 1. The van der Waals surface area contributed by atoms with Gasteiger partial charge in [0.05, 0.1) is 10.8 Å². The third-order valence-corrected chi connectivity index (χ3v) is 4.70. The fourth-order valence-corrected chi connectivity index (χ4v) is 3.23. The standard InChI is InChI=1S/C14H21NOS/c1-11-4-5-12(2)14(10-11)17(16)9-3-8-15-13-6-7-13/h4-5,10,13,15H,3,6-9H2,1-2H3. The van der Waals surface area contributed by atoms with Crippen LogP contribution in [0.1, 0.15) is 30.4 Å². The number of benzene rings is 1. The molecule has 0 saturated heterocycles. The highest BCUT2D eigenvalue weighted by atomic mass is 32.2. The second-order valence-electron chi connectivity index (χ2n) is 4.90. The first kappa shape index (κ1) is 12.8. The lowest BCUT2D eigenvalue weighted by atomic mass is 10.2. The SMILES string of the molecule is Cc1ccc(C)c(S(=O)CCCNC2CC2)c1. The molecular formula is C14H21NOS. The smallest absolute Gasteiger partial charge is 0.0532 e. The first-order valence-corrected chi connectivity index (χ1v) is 7.68. The van der Waals surface area contributed by atoms with Gasteiger partial charge in [-0.05, 0) is 56.8 Å². The molecule has 1 atom stereocenters. The Kier molecular flexibility index (Phi) is 4.35. The summed E-state index contributed by atoms with van der Waals surface area (Å²) >= 11 is 0. The second kappa shape index (κ2) is 5.78. The molecule has 3 heteroatoms. The summed E-state index contributed by atoms with van der Waals surface area (Å²) in [7, 11) is -0.840. The predicted octanol–water partition coefficient (Wildman–Crippen LogP) is 2.55. The highest BCUT2D eigenvalue weighted by Crippen LogP contribution is 2.19. The van der Waals surface area contributed by atoms with Crippen LogP contribution < -0.4 is 5.32 Å². The maximum absolute atomic E-state index is 12.2. The van der Waals surface area contributed by atoms with Crippen LogP contribution >= 0.6 is 0 Å². The van der Waals surface area contributed by atoms with Gasteiger partial charge in [0.1, 0.15) is 0 Å². The molecule has 0 spiro atoms. The topological polar surface area (TPSA) is 29.1 Å². The molecule has 0 bridgehead atoms. The fourth-order valence-electron chi connectivity index (χ4n) is 1.86. The van der Waals surface area contributed by atoms with Crippen LogP contribution in [0.25, 0.3) is 0 Å². The maximum atomic E-state index is 12.2. The Labute approximate surface area is 106 Å². The van der Waals surface area contributed by atoms with E-state index >= 15 is 0 Å². The Morgan fingerprint density at radius 1 is 1.35 bits per heavy atom. The molecule has 1 N–H and O–H groups in total. The summed E-state index contributed by atoms with van der Waals surface area (Å²) < 4.78 is 12.2. The minimum absolute atomic E-state index is 0.754. The van der Waals surface area contributed by atoms with E-state index in [1.54, 1.807) is 0 Å². The van der Waals surface area contributed by atoms with Gasteiger partial charge in [0.15, 0.2) is 0 Å². The summed E-state index contributed by atoms with van der Waals surface area (Å²) in [5.74, 6) is 0.768. The average molecular weight is 251 g/mol. The molecule has 0 aliphatic heterocycles. The van der Waals surface area contributed by atoms with Crippen molar-refractivity contribution in [3.05, 3.63) is 29.3 Å². The van der Waals surface area contributed by atoms with Crippen molar-refractivity contribution >= 4 is 10.8 Å². The van der Waals surface area contributed by atoms with Crippen molar-refractivity contribution in [2.24, 2.45) is 0 Å². The van der Waals surface area contributed by atoms with Crippen LogP contribution in [0, 0.1) is 13.8 Å². The Bertz CT molecular complexity index is 413. The molecular weight excluding hydrogens is 230 g/mol. The summed E-state index contributed by atoms with van der Waals surface area (Å²) in [4.78, 5) is 1.01. The quantitative estimate of drug-likeness (QED) is 0.787. The lowest BCUT2D eigenvalue weighted by Gasteiger charge is -2.07. The summed E-state index contributed by atoms with van der Waals surface area (Å²) in [5.41, 5.74) is 2.33. The maximum Gasteiger partial charge on any atom is 0.0532 e. The number of nitrogens with one attached hydrogen (secondary N) is 1. The van der Waals surface area contributed by atoms with Crippen LogP contribution in [-0.4, -0.2) is 22.5 Å². The zero-order valence-electron chi connectivity index (χ0n) is 10.7. The molecule has 0 heterocycles. The molecule has 1 aromatic carbocycles. The van der Waals surface area contributed by atoms with Gasteiger partial charge < -0.3 is 5.32 Å². The van der Waals surface area contributed by atoms with Gasteiger partial charge in [0.25, 0.3) is 0 Å². The predicted molar refractivity (Wildman–Crippen MR) is 72.8 cm³/mol. The van der Waals surface area contributed by atoms with Crippen molar-refractivity contribution in [1.29, 1.82) is 0 Å². The molecule has 1 aliphatic carbocycles. The van der Waals surface area contributed by atoms with Crippen LogP contribution in [0.15, 0.2) is 23.1 Å². The molecule has 2 rings (SSSR count). The molecule has 17 heavy (non-hydrogen) atoms. The van der Waals surface area contributed by atoms with E-state index in [0.717, 1.165) is 35.2 Å². The zero-order valence-corrected chi connectivity index (χ0v) is 11.5. The van der Waals surface area contributed by atoms with Gasteiger partial charge in [-0.15, -0.1) is 0 Å². The second-order valence-corrected chi connectivity index (χ2v) is 6.44. The average Bonchev–Trinajstić information content (AvgIpc) is 3.11. The highest BCUT2D eigenvalue weighted by molar-refractivity contribution is 7.85. The summed E-state index contributed by atoms with van der Waals surface area (Å²) in [6, 6.07) is 6.94. The Balaban J connectivity index is 1.82. The molecule has 1 fully saturated rings. The molecule has 1 unspecified atom stereocenters. The van der Waals surface area contributed by atoms with Crippen molar-refractivity contribution < 1.29 is 4.21 Å². The lowest BCUT2D eigenvalue weighted by molar-refractivity contribution is 0.657. The Hall–Kier alpha value is -0.670. The Morgan fingerprint density at radius 2 is 2.12 bits per heavy atom. The summed E-state index contributed by atoms with van der Waals surface area (Å²) in [5, 5.41) is 3.45. The van der Waals surface area contributed by atoms with Crippen LogP contribution in [0.2, 0.25) is 0 Å². The van der Waals surface area contributed by atoms with Gasteiger partial charge in [0, 0.05) is 16.7 Å². The molecule has 94 valence electrons. The first-order valence-electron chi connectivity index (χ1n) is 6.36. The zero-order chi connectivity index (χ0) is 12.3. The normalized spacial score (nSPS) is 17.1. The minimum Gasteiger partial charge on any atom is -0.314 e. The first-order chi connectivity index (χ1) is 8.16. The number of hydrogen-bond acceptors (Lipinski definition) is 2. The fraction of sp³-hybridized carbons (Fsp3) is 0.571. The van der Waals surface area contributed by atoms with Crippen molar-refractivity contribution in [2.45, 2.75) is 44.0 Å². The van der Waals surface area contributed by atoms with Gasteiger partial charge >= 0.3 is 0 Å². The molecule has 1 saturated carbocycles. The molecule has 0 radical (unpaired) electrons. The van der Waals surface area contributed by atoms with E-state index in [1.807, 2.05) is 6.92 Å². The third kappa shape index (κ3) is 3.93. The van der Waals surface area contributed by atoms with Gasteiger partial charge in [-0.25, -0.2) is 0 Å². The van der Waals surface area contributed by atoms with Crippen LogP contribution in [0.3, 0.4) is 0 Å². The van der Waals surface area contributed by atoms with Crippen molar-refractivity contribution in [3.63, 3.8) is 0 Å². The van der Waals surface area contributed by atoms with Gasteiger partial charge in [-0.1, -0.05) is 12.1 Å². The van der Waals surface area contributed by atoms with Crippen LogP contribution in [-0.2, 0) is 10.8 Å². The molecule has 1 aromatic rings. The van der Waals surface area contributed by atoms with Crippen molar-refractivity contribution in [2.75, 3.05) is 12.3 Å². The minimum atomic E-state index is -0.840.